The van der Waals surface area contributed by atoms with Crippen molar-refractivity contribution in [3.63, 3.8) is 0 Å². The van der Waals surface area contributed by atoms with Gasteiger partial charge in [-0.1, -0.05) is 97.1 Å². The fourth-order valence-electron chi connectivity index (χ4n) is 6.30. The summed E-state index contributed by atoms with van der Waals surface area (Å²) in [5, 5.41) is 17.5. The van der Waals surface area contributed by atoms with Crippen molar-refractivity contribution in [3.05, 3.63) is 162 Å². The maximum atomic E-state index is 9.50. The summed E-state index contributed by atoms with van der Waals surface area (Å²) < 4.78 is 8.77. The number of nitriles is 1. The third-order valence-electron chi connectivity index (χ3n) is 8.53. The van der Waals surface area contributed by atoms with Crippen LogP contribution in [0, 0.1) is 11.3 Å². The molecule has 220 valence electrons. The molecule has 0 amide bonds. The number of hydrogen-bond acceptors (Lipinski definition) is 5. The van der Waals surface area contributed by atoms with Gasteiger partial charge in [-0.05, 0) is 59.2 Å². The van der Waals surface area contributed by atoms with E-state index in [1.165, 1.54) is 5.39 Å². The molecule has 8 rings (SSSR count). The topological polar surface area (TPSA) is 92.3 Å². The van der Waals surface area contributed by atoms with Crippen LogP contribution in [0.1, 0.15) is 34.6 Å². The van der Waals surface area contributed by atoms with Crippen LogP contribution in [0.15, 0.2) is 149 Å². The highest BCUT2D eigenvalue weighted by molar-refractivity contribution is 6.21. The van der Waals surface area contributed by atoms with Crippen molar-refractivity contribution < 1.29 is 4.42 Å². The molecule has 2 heterocycles. The van der Waals surface area contributed by atoms with Gasteiger partial charge in [0.05, 0.1) is 28.8 Å². The van der Waals surface area contributed by atoms with E-state index in [0.29, 0.717) is 5.56 Å². The highest BCUT2D eigenvalue weighted by atomic mass is 16.3. The third kappa shape index (κ3) is 4.81. The summed E-state index contributed by atoms with van der Waals surface area (Å²) in [6, 6.07) is 48.9. The molecule has 2 unspecified atom stereocenters. The van der Waals surface area contributed by atoms with E-state index in [1.54, 1.807) is 6.07 Å². The van der Waals surface area contributed by atoms with Crippen molar-refractivity contribution in [3.8, 4) is 11.8 Å². The van der Waals surface area contributed by atoms with Crippen LogP contribution in [0.4, 0.5) is 0 Å². The number of nitrogens with one attached hydrogen (secondary N) is 1. The molecule has 6 aromatic carbocycles. The lowest BCUT2D eigenvalue weighted by molar-refractivity contribution is 0.467. The molecule has 0 radical (unpaired) electrons. The van der Waals surface area contributed by atoms with E-state index in [0.717, 1.165) is 60.7 Å². The Labute approximate surface area is 265 Å². The zero-order chi connectivity index (χ0) is 31.0. The van der Waals surface area contributed by atoms with E-state index in [9.17, 15) is 5.26 Å². The summed E-state index contributed by atoms with van der Waals surface area (Å²) in [6.45, 7) is 0. The van der Waals surface area contributed by atoms with Gasteiger partial charge in [-0.2, -0.15) is 5.26 Å². The van der Waals surface area contributed by atoms with Crippen LogP contribution in [0.2, 0.25) is 0 Å². The molecular weight excluding hydrogens is 566 g/mol. The number of aromatic nitrogens is 1. The number of benzene rings is 6. The molecule has 6 heteroatoms. The predicted octanol–water partition coefficient (Wildman–Crippen LogP) is 8.92. The highest BCUT2D eigenvalue weighted by Gasteiger charge is 2.19. The second-order valence-corrected chi connectivity index (χ2v) is 11.4. The molecule has 0 saturated carbocycles. The predicted molar refractivity (Wildman–Crippen MR) is 186 cm³/mol. The maximum absolute atomic E-state index is 9.50. The Morgan fingerprint density at radius 1 is 0.717 bits per heavy atom. The van der Waals surface area contributed by atoms with E-state index >= 15 is 0 Å². The molecule has 2 atom stereocenters. The minimum atomic E-state index is -0.457. The van der Waals surface area contributed by atoms with E-state index in [1.807, 2.05) is 72.9 Å². The molecule has 0 aliphatic heterocycles. The van der Waals surface area contributed by atoms with Crippen LogP contribution in [0.25, 0.3) is 49.4 Å². The number of fused-ring (bicyclic) bond motifs is 7. The minimum Gasteiger partial charge on any atom is -0.454 e. The molecule has 46 heavy (non-hydrogen) atoms. The van der Waals surface area contributed by atoms with Crippen molar-refractivity contribution in [2.75, 3.05) is 0 Å². The van der Waals surface area contributed by atoms with Crippen LogP contribution in [-0.2, 0) is 0 Å². The molecule has 0 spiro atoms. The number of rotatable bonds is 7. The number of para-hydroxylation sites is 2. The van der Waals surface area contributed by atoms with Crippen molar-refractivity contribution in [1.82, 2.24) is 9.88 Å². The Balaban J connectivity index is 1.19. The molecule has 0 bridgehead atoms. The van der Waals surface area contributed by atoms with Gasteiger partial charge in [0.15, 0.2) is 5.58 Å². The van der Waals surface area contributed by atoms with E-state index in [2.05, 4.69) is 82.7 Å². The Morgan fingerprint density at radius 3 is 2.26 bits per heavy atom. The number of hydrogen-bond donors (Lipinski definition) is 2. The van der Waals surface area contributed by atoms with Crippen LogP contribution in [0.3, 0.4) is 0 Å². The molecule has 0 aliphatic carbocycles. The summed E-state index contributed by atoms with van der Waals surface area (Å²) >= 11 is 0. The molecule has 0 saturated heterocycles. The van der Waals surface area contributed by atoms with Gasteiger partial charge in [0.1, 0.15) is 11.7 Å². The van der Waals surface area contributed by atoms with Gasteiger partial charge in [0.2, 0.25) is 0 Å². The van der Waals surface area contributed by atoms with Gasteiger partial charge in [-0.3, -0.25) is 10.3 Å². The van der Waals surface area contributed by atoms with Crippen molar-refractivity contribution in [2.24, 2.45) is 10.7 Å². The number of nitrogens with two attached hydrogens (primary N) is 1. The van der Waals surface area contributed by atoms with Crippen LogP contribution in [0.5, 0.6) is 0 Å². The Bertz CT molecular complexity index is 2430. The smallest absolute Gasteiger partial charge is 0.160 e. The monoisotopic (exact) mass is 595 g/mol. The fourth-order valence-corrected chi connectivity index (χ4v) is 6.30. The Hall–Kier alpha value is -6.00. The summed E-state index contributed by atoms with van der Waals surface area (Å²) in [5.41, 5.74) is 14.8. The summed E-state index contributed by atoms with van der Waals surface area (Å²) in [5.74, 6) is 0. The van der Waals surface area contributed by atoms with Crippen LogP contribution < -0.4 is 11.1 Å². The fraction of sp³-hybridized carbons (Fsp3) is 0.0500. The first-order valence-electron chi connectivity index (χ1n) is 15.2. The number of furan rings is 1. The third-order valence-corrected chi connectivity index (χ3v) is 8.53. The minimum absolute atomic E-state index is 0.443. The average Bonchev–Trinajstić information content (AvgIpc) is 3.67. The Morgan fingerprint density at radius 2 is 1.43 bits per heavy atom. The maximum Gasteiger partial charge on any atom is 0.160 e. The van der Waals surface area contributed by atoms with E-state index < -0.39 is 12.3 Å². The Kier molecular flexibility index (Phi) is 6.88. The summed E-state index contributed by atoms with van der Waals surface area (Å²) in [7, 11) is 0. The van der Waals surface area contributed by atoms with Gasteiger partial charge in [-0.25, -0.2) is 0 Å². The first-order chi connectivity index (χ1) is 22.7. The largest absolute Gasteiger partial charge is 0.454 e. The second kappa shape index (κ2) is 11.5. The average molecular weight is 596 g/mol. The number of nitrogens with zero attached hydrogens (tertiary/aromatic N) is 3. The van der Waals surface area contributed by atoms with Gasteiger partial charge in [0.25, 0.3) is 0 Å². The lowest BCUT2D eigenvalue weighted by Gasteiger charge is -2.21. The molecule has 8 aromatic rings. The highest BCUT2D eigenvalue weighted by Crippen LogP contribution is 2.40. The molecule has 0 fully saturated rings. The zero-order valence-electron chi connectivity index (χ0n) is 24.8. The number of aliphatic imine (C=N–C) groups is 1. The van der Waals surface area contributed by atoms with Gasteiger partial charge in [-0.15, -0.1) is 0 Å². The lowest BCUT2D eigenvalue weighted by atomic mass is 10.1. The molecular formula is C40H29N5O. The molecule has 6 nitrogen and oxygen atoms in total. The molecule has 0 aliphatic rings. The first-order valence-corrected chi connectivity index (χ1v) is 15.2. The molecule has 2 aromatic heterocycles. The quantitative estimate of drug-likeness (QED) is 0.142. The van der Waals surface area contributed by atoms with Gasteiger partial charge in [0, 0.05) is 33.4 Å². The standard InChI is InChI=1S/C40H29N5O/c41-24-27-9-8-12-29(23-27)40(44-39(42)28-10-2-1-3-11-28)43-25-26-17-19-30(20-18-26)45-35-15-6-4-13-31(35)33-21-22-34-32-14-5-7-16-36(32)46-38(34)37(33)45/h1-23,25,39-40,44H,42H2. The normalized spacial score (nSPS) is 13.1. The van der Waals surface area contributed by atoms with Crippen molar-refractivity contribution >= 4 is 50.0 Å². The van der Waals surface area contributed by atoms with Crippen molar-refractivity contribution in [2.45, 2.75) is 12.3 Å². The molecule has 3 N–H and O–H groups in total. The van der Waals surface area contributed by atoms with E-state index in [4.69, 9.17) is 15.1 Å². The first kappa shape index (κ1) is 27.5. The van der Waals surface area contributed by atoms with Crippen LogP contribution >= 0.6 is 0 Å². The van der Waals surface area contributed by atoms with Gasteiger partial charge < -0.3 is 14.7 Å². The summed E-state index contributed by atoms with van der Waals surface area (Å²) in [6.07, 6.45) is 0.949. The van der Waals surface area contributed by atoms with Crippen molar-refractivity contribution in [1.29, 1.82) is 5.26 Å². The SMILES string of the molecule is N#Cc1cccc(C(N=Cc2ccc(-n3c4ccccc4c4ccc5c6ccccc6oc5c43)cc2)NC(N)c2ccccc2)c1. The second-order valence-electron chi connectivity index (χ2n) is 11.4. The lowest BCUT2D eigenvalue weighted by Crippen LogP contribution is -2.31. The van der Waals surface area contributed by atoms with Crippen LogP contribution in [-0.4, -0.2) is 10.8 Å². The van der Waals surface area contributed by atoms with E-state index in [-0.39, 0.29) is 0 Å². The van der Waals surface area contributed by atoms with Gasteiger partial charge >= 0.3 is 0 Å². The summed E-state index contributed by atoms with van der Waals surface area (Å²) in [4.78, 5) is 4.92. The zero-order valence-corrected chi connectivity index (χ0v) is 24.8.